The summed E-state index contributed by atoms with van der Waals surface area (Å²) in [6.45, 7) is 0. The summed E-state index contributed by atoms with van der Waals surface area (Å²) in [6, 6.07) is 20.7. The standard InChI is InChI=1S/C18H12N2O2/c19-11-14-15(12-7-3-1-4-8-12)16(22-17(14)18(20)21)13-9-5-2-6-10-13/h1-10H,(H2,20,21). The van der Waals surface area contributed by atoms with Gasteiger partial charge in [0.1, 0.15) is 17.4 Å². The third-order valence-corrected chi connectivity index (χ3v) is 3.34. The van der Waals surface area contributed by atoms with Gasteiger partial charge in [-0.1, -0.05) is 60.7 Å². The summed E-state index contributed by atoms with van der Waals surface area (Å²) in [6.07, 6.45) is 0. The molecule has 1 amide bonds. The molecule has 0 atom stereocenters. The maximum Gasteiger partial charge on any atom is 0.285 e. The van der Waals surface area contributed by atoms with Crippen molar-refractivity contribution in [3.8, 4) is 28.5 Å². The Morgan fingerprint density at radius 2 is 1.50 bits per heavy atom. The van der Waals surface area contributed by atoms with Crippen LogP contribution in [0.5, 0.6) is 0 Å². The van der Waals surface area contributed by atoms with Crippen LogP contribution in [-0.4, -0.2) is 5.91 Å². The predicted molar refractivity (Wildman–Crippen MR) is 82.8 cm³/mol. The van der Waals surface area contributed by atoms with E-state index in [0.29, 0.717) is 11.3 Å². The lowest BCUT2D eigenvalue weighted by Gasteiger charge is -2.03. The van der Waals surface area contributed by atoms with Crippen LogP contribution in [0.1, 0.15) is 16.1 Å². The zero-order valence-corrected chi connectivity index (χ0v) is 11.6. The summed E-state index contributed by atoms with van der Waals surface area (Å²) < 4.78 is 5.64. The zero-order chi connectivity index (χ0) is 15.5. The van der Waals surface area contributed by atoms with Crippen LogP contribution in [-0.2, 0) is 0 Å². The van der Waals surface area contributed by atoms with Crippen molar-refractivity contribution in [3.05, 3.63) is 72.0 Å². The summed E-state index contributed by atoms with van der Waals surface area (Å²) in [5.74, 6) is -0.395. The molecule has 1 aromatic heterocycles. The van der Waals surface area contributed by atoms with Gasteiger partial charge in [0.05, 0.1) is 0 Å². The van der Waals surface area contributed by atoms with Crippen LogP contribution in [0.25, 0.3) is 22.5 Å². The van der Waals surface area contributed by atoms with E-state index in [2.05, 4.69) is 0 Å². The van der Waals surface area contributed by atoms with E-state index in [-0.39, 0.29) is 11.3 Å². The lowest BCUT2D eigenvalue weighted by Crippen LogP contribution is -2.11. The van der Waals surface area contributed by atoms with Crippen LogP contribution in [0.2, 0.25) is 0 Å². The van der Waals surface area contributed by atoms with Crippen molar-refractivity contribution in [2.75, 3.05) is 0 Å². The average molecular weight is 288 g/mol. The van der Waals surface area contributed by atoms with Crippen LogP contribution in [0.3, 0.4) is 0 Å². The number of carbonyl (C=O) groups excluding carboxylic acids is 1. The fraction of sp³-hybridized carbons (Fsp3) is 0. The first kappa shape index (κ1) is 13.7. The van der Waals surface area contributed by atoms with Crippen LogP contribution in [0, 0.1) is 11.3 Å². The van der Waals surface area contributed by atoms with E-state index in [1.54, 1.807) is 0 Å². The van der Waals surface area contributed by atoms with E-state index in [9.17, 15) is 10.1 Å². The Kier molecular flexibility index (Phi) is 3.47. The second-order valence-corrected chi connectivity index (χ2v) is 4.72. The Hall–Kier alpha value is -3.32. The number of nitrogens with two attached hydrogens (primary N) is 1. The molecule has 2 N–H and O–H groups in total. The van der Waals surface area contributed by atoms with Crippen LogP contribution < -0.4 is 5.73 Å². The third-order valence-electron chi connectivity index (χ3n) is 3.34. The molecule has 4 nitrogen and oxygen atoms in total. The van der Waals surface area contributed by atoms with Gasteiger partial charge in [0.2, 0.25) is 5.76 Å². The summed E-state index contributed by atoms with van der Waals surface area (Å²) in [7, 11) is 0. The van der Waals surface area contributed by atoms with E-state index >= 15 is 0 Å². The number of furan rings is 1. The molecule has 4 heteroatoms. The number of rotatable bonds is 3. The largest absolute Gasteiger partial charge is 0.449 e. The second kappa shape index (κ2) is 5.58. The van der Waals surface area contributed by atoms with Gasteiger partial charge >= 0.3 is 0 Å². The molecular weight excluding hydrogens is 276 g/mol. The summed E-state index contributed by atoms with van der Waals surface area (Å²) in [5, 5.41) is 9.45. The number of hydrogen-bond donors (Lipinski definition) is 1. The number of amides is 1. The first-order valence-corrected chi connectivity index (χ1v) is 6.70. The van der Waals surface area contributed by atoms with Crippen molar-refractivity contribution in [2.24, 2.45) is 5.73 Å². The number of benzene rings is 2. The Morgan fingerprint density at radius 3 is 2.00 bits per heavy atom. The van der Waals surface area contributed by atoms with Gasteiger partial charge in [-0.15, -0.1) is 0 Å². The molecule has 0 saturated carbocycles. The molecule has 0 radical (unpaired) electrons. The molecule has 0 aliphatic carbocycles. The Labute approximate surface area is 127 Å². The highest BCUT2D eigenvalue weighted by molar-refractivity contribution is 5.98. The van der Waals surface area contributed by atoms with Crippen molar-refractivity contribution in [1.82, 2.24) is 0 Å². The molecule has 106 valence electrons. The molecule has 0 saturated heterocycles. The maximum absolute atomic E-state index is 11.6. The zero-order valence-electron chi connectivity index (χ0n) is 11.6. The topological polar surface area (TPSA) is 80.0 Å². The van der Waals surface area contributed by atoms with E-state index in [1.165, 1.54) is 0 Å². The van der Waals surface area contributed by atoms with Crippen molar-refractivity contribution in [3.63, 3.8) is 0 Å². The van der Waals surface area contributed by atoms with E-state index in [4.69, 9.17) is 10.2 Å². The molecule has 0 spiro atoms. The van der Waals surface area contributed by atoms with Gasteiger partial charge in [0, 0.05) is 11.1 Å². The SMILES string of the molecule is N#Cc1c(C(N)=O)oc(-c2ccccc2)c1-c1ccccc1. The minimum absolute atomic E-state index is 0.111. The highest BCUT2D eigenvalue weighted by Crippen LogP contribution is 2.38. The molecule has 1 heterocycles. The van der Waals surface area contributed by atoms with Gasteiger partial charge in [-0.3, -0.25) is 4.79 Å². The Bertz CT molecular complexity index is 859. The number of carbonyl (C=O) groups is 1. The van der Waals surface area contributed by atoms with E-state index in [1.807, 2.05) is 66.7 Å². The molecule has 2 aromatic carbocycles. The van der Waals surface area contributed by atoms with Crippen molar-refractivity contribution >= 4 is 5.91 Å². The average Bonchev–Trinajstić information content (AvgIpc) is 2.96. The molecule has 22 heavy (non-hydrogen) atoms. The molecule has 3 aromatic rings. The van der Waals surface area contributed by atoms with Gasteiger partial charge in [0.15, 0.2) is 0 Å². The third kappa shape index (κ3) is 2.25. The van der Waals surface area contributed by atoms with E-state index in [0.717, 1.165) is 11.1 Å². The quantitative estimate of drug-likeness (QED) is 0.799. The van der Waals surface area contributed by atoms with Crippen LogP contribution in [0.15, 0.2) is 65.1 Å². The molecule has 0 bridgehead atoms. The number of nitrogens with zero attached hydrogens (tertiary/aromatic N) is 1. The highest BCUT2D eigenvalue weighted by Gasteiger charge is 2.25. The fourth-order valence-corrected chi connectivity index (χ4v) is 2.38. The van der Waals surface area contributed by atoms with Crippen LogP contribution >= 0.6 is 0 Å². The predicted octanol–water partition coefficient (Wildman–Crippen LogP) is 3.58. The van der Waals surface area contributed by atoms with Crippen molar-refractivity contribution < 1.29 is 9.21 Å². The smallest absolute Gasteiger partial charge is 0.285 e. The normalized spacial score (nSPS) is 10.1. The second-order valence-electron chi connectivity index (χ2n) is 4.72. The van der Waals surface area contributed by atoms with Crippen LogP contribution in [0.4, 0.5) is 0 Å². The first-order valence-electron chi connectivity index (χ1n) is 6.70. The van der Waals surface area contributed by atoms with E-state index < -0.39 is 5.91 Å². The van der Waals surface area contributed by atoms with Crippen molar-refractivity contribution in [1.29, 1.82) is 5.26 Å². The molecule has 3 rings (SSSR count). The molecule has 0 fully saturated rings. The fourth-order valence-electron chi connectivity index (χ4n) is 2.38. The van der Waals surface area contributed by atoms with Gasteiger partial charge in [-0.2, -0.15) is 5.26 Å². The summed E-state index contributed by atoms with van der Waals surface area (Å²) in [5.41, 5.74) is 7.68. The summed E-state index contributed by atoms with van der Waals surface area (Å²) in [4.78, 5) is 11.6. The molecule has 0 aliphatic rings. The number of hydrogen-bond acceptors (Lipinski definition) is 3. The van der Waals surface area contributed by atoms with Gasteiger partial charge < -0.3 is 10.2 Å². The van der Waals surface area contributed by atoms with Crippen molar-refractivity contribution in [2.45, 2.75) is 0 Å². The minimum Gasteiger partial charge on any atom is -0.449 e. The van der Waals surface area contributed by atoms with Gasteiger partial charge in [-0.25, -0.2) is 0 Å². The maximum atomic E-state index is 11.6. The Balaban J connectivity index is 2.35. The monoisotopic (exact) mass is 288 g/mol. The lowest BCUT2D eigenvalue weighted by atomic mass is 9.97. The molecular formula is C18H12N2O2. The lowest BCUT2D eigenvalue weighted by molar-refractivity contribution is 0.0974. The number of primary amides is 1. The number of nitriles is 1. The highest BCUT2D eigenvalue weighted by atomic mass is 16.4. The van der Waals surface area contributed by atoms with Gasteiger partial charge in [0.25, 0.3) is 5.91 Å². The first-order chi connectivity index (χ1) is 10.7. The van der Waals surface area contributed by atoms with Gasteiger partial charge in [-0.05, 0) is 5.56 Å². The Morgan fingerprint density at radius 1 is 0.955 bits per heavy atom. The molecule has 0 unspecified atom stereocenters. The summed E-state index contributed by atoms with van der Waals surface area (Å²) >= 11 is 0. The molecule has 0 aliphatic heterocycles. The minimum atomic E-state index is -0.754.